The number of aromatic carboxylic acids is 1. The van der Waals surface area contributed by atoms with Gasteiger partial charge in [-0.3, -0.25) is 4.79 Å². The van der Waals surface area contributed by atoms with Gasteiger partial charge in [-0.05, 0) is 42.5 Å². The van der Waals surface area contributed by atoms with Crippen LogP contribution < -0.4 is 5.32 Å². The second-order valence-corrected chi connectivity index (χ2v) is 5.22. The van der Waals surface area contributed by atoms with Crippen LogP contribution in [0.15, 0.2) is 46.9 Å². The number of phenols is 1. The third kappa shape index (κ3) is 2.97. The average molecular weight is 332 g/mol. The number of halogens is 1. The van der Waals surface area contributed by atoms with Gasteiger partial charge in [0, 0.05) is 10.4 Å². The number of hydrogen-bond acceptors (Lipinski definition) is 4. The fourth-order valence-corrected chi connectivity index (χ4v) is 2.26. The molecule has 0 aliphatic carbocycles. The predicted octanol–water partition coefficient (Wildman–Crippen LogP) is 3.74. The summed E-state index contributed by atoms with van der Waals surface area (Å²) in [6, 6.07) is 10.1. The molecule has 7 heteroatoms. The van der Waals surface area contributed by atoms with E-state index in [1.165, 1.54) is 18.2 Å². The number of furan rings is 1. The van der Waals surface area contributed by atoms with Crippen molar-refractivity contribution in [1.82, 2.24) is 0 Å². The minimum absolute atomic E-state index is 0.0453. The highest BCUT2D eigenvalue weighted by Gasteiger charge is 2.15. The van der Waals surface area contributed by atoms with Gasteiger partial charge < -0.3 is 19.9 Å². The Morgan fingerprint density at radius 1 is 1.09 bits per heavy atom. The maximum atomic E-state index is 12.2. The second kappa shape index (κ2) is 5.66. The third-order valence-corrected chi connectivity index (χ3v) is 3.43. The van der Waals surface area contributed by atoms with Crippen molar-refractivity contribution in [1.29, 1.82) is 0 Å². The van der Waals surface area contributed by atoms with Gasteiger partial charge in [0.2, 0.25) is 0 Å². The molecule has 1 amide bonds. The van der Waals surface area contributed by atoms with Crippen molar-refractivity contribution in [2.24, 2.45) is 0 Å². The Labute approximate surface area is 134 Å². The van der Waals surface area contributed by atoms with E-state index < -0.39 is 11.9 Å². The molecule has 0 saturated heterocycles. The number of phenolic OH excluding ortho intramolecular Hbond substituents is 1. The predicted molar refractivity (Wildman–Crippen MR) is 84.2 cm³/mol. The van der Waals surface area contributed by atoms with Crippen LogP contribution in [-0.4, -0.2) is 22.1 Å². The van der Waals surface area contributed by atoms with Gasteiger partial charge in [0.25, 0.3) is 5.91 Å². The molecule has 1 aromatic heterocycles. The number of amides is 1. The number of fused-ring (bicyclic) bond motifs is 1. The second-order valence-electron chi connectivity index (χ2n) is 4.78. The van der Waals surface area contributed by atoms with Crippen molar-refractivity contribution in [2.45, 2.75) is 0 Å². The van der Waals surface area contributed by atoms with E-state index in [9.17, 15) is 14.7 Å². The third-order valence-electron chi connectivity index (χ3n) is 3.20. The lowest BCUT2D eigenvalue weighted by atomic mass is 10.2. The number of rotatable bonds is 3. The number of carboxylic acid groups (broad SMARTS) is 1. The van der Waals surface area contributed by atoms with E-state index in [1.807, 2.05) is 0 Å². The van der Waals surface area contributed by atoms with Crippen LogP contribution in [0.5, 0.6) is 5.75 Å². The molecule has 0 saturated carbocycles. The van der Waals surface area contributed by atoms with Crippen LogP contribution in [0.2, 0.25) is 5.02 Å². The number of benzene rings is 2. The maximum absolute atomic E-state index is 12.2. The van der Waals surface area contributed by atoms with Gasteiger partial charge in [0.15, 0.2) is 5.76 Å². The van der Waals surface area contributed by atoms with Gasteiger partial charge in [-0.15, -0.1) is 0 Å². The van der Waals surface area contributed by atoms with Crippen LogP contribution in [0, 0.1) is 0 Å². The summed E-state index contributed by atoms with van der Waals surface area (Å²) < 4.78 is 5.41. The summed E-state index contributed by atoms with van der Waals surface area (Å²) in [6.07, 6.45) is 0. The standard InChI is InChI=1S/C16H10ClNO5/c17-10-2-4-13-9(5-10)7-14(23-13)15(20)18-11-3-1-8(16(21)22)6-12(11)19/h1-7,19H,(H,18,20)(H,21,22). The summed E-state index contributed by atoms with van der Waals surface area (Å²) in [6.45, 7) is 0. The molecular formula is C16H10ClNO5. The number of carbonyl (C=O) groups is 2. The minimum Gasteiger partial charge on any atom is -0.506 e. The topological polar surface area (TPSA) is 99.8 Å². The van der Waals surface area contributed by atoms with Gasteiger partial charge in [0.05, 0.1) is 11.3 Å². The Balaban J connectivity index is 1.87. The van der Waals surface area contributed by atoms with Crippen molar-refractivity contribution >= 4 is 40.1 Å². The number of aromatic hydroxyl groups is 1. The maximum Gasteiger partial charge on any atom is 0.335 e. The highest BCUT2D eigenvalue weighted by molar-refractivity contribution is 6.31. The fraction of sp³-hybridized carbons (Fsp3) is 0. The zero-order valence-electron chi connectivity index (χ0n) is 11.5. The zero-order chi connectivity index (χ0) is 16.6. The summed E-state index contributed by atoms with van der Waals surface area (Å²) in [7, 11) is 0. The molecule has 23 heavy (non-hydrogen) atoms. The molecule has 2 aromatic carbocycles. The van der Waals surface area contributed by atoms with Gasteiger partial charge in [-0.1, -0.05) is 11.6 Å². The molecule has 3 aromatic rings. The fourth-order valence-electron chi connectivity index (χ4n) is 2.08. The van der Waals surface area contributed by atoms with E-state index in [-0.39, 0.29) is 22.8 Å². The lowest BCUT2D eigenvalue weighted by molar-refractivity contribution is 0.0696. The van der Waals surface area contributed by atoms with Crippen LogP contribution in [0.1, 0.15) is 20.9 Å². The molecule has 0 aliphatic heterocycles. The molecule has 3 N–H and O–H groups in total. The number of anilines is 1. The van der Waals surface area contributed by atoms with E-state index in [4.69, 9.17) is 21.1 Å². The van der Waals surface area contributed by atoms with Gasteiger partial charge in [0.1, 0.15) is 11.3 Å². The molecule has 0 fully saturated rings. The number of hydrogen-bond donors (Lipinski definition) is 3. The van der Waals surface area contributed by atoms with Crippen LogP contribution in [0.25, 0.3) is 11.0 Å². The van der Waals surface area contributed by atoms with Crippen molar-refractivity contribution in [3.05, 3.63) is 58.8 Å². The summed E-state index contributed by atoms with van der Waals surface area (Å²) in [5.41, 5.74) is 0.502. The van der Waals surface area contributed by atoms with E-state index >= 15 is 0 Å². The van der Waals surface area contributed by atoms with E-state index in [0.717, 1.165) is 6.07 Å². The summed E-state index contributed by atoms with van der Waals surface area (Å²) in [5, 5.41) is 22.3. The smallest absolute Gasteiger partial charge is 0.335 e. The quantitative estimate of drug-likeness (QED) is 0.635. The lowest BCUT2D eigenvalue weighted by Crippen LogP contribution is -2.11. The summed E-state index contributed by atoms with van der Waals surface area (Å²) in [4.78, 5) is 23.0. The van der Waals surface area contributed by atoms with Crippen LogP contribution in [0.4, 0.5) is 5.69 Å². The normalized spacial score (nSPS) is 10.7. The molecule has 0 radical (unpaired) electrons. The number of nitrogens with one attached hydrogen (secondary N) is 1. The molecular weight excluding hydrogens is 322 g/mol. The lowest BCUT2D eigenvalue weighted by Gasteiger charge is -2.06. The first-order valence-electron chi connectivity index (χ1n) is 6.51. The Kier molecular flexibility index (Phi) is 3.67. The molecule has 0 atom stereocenters. The van der Waals surface area contributed by atoms with E-state index in [1.54, 1.807) is 18.2 Å². The highest BCUT2D eigenvalue weighted by atomic mass is 35.5. The van der Waals surface area contributed by atoms with Crippen molar-refractivity contribution < 1.29 is 24.2 Å². The highest BCUT2D eigenvalue weighted by Crippen LogP contribution is 2.27. The van der Waals surface area contributed by atoms with Crippen molar-refractivity contribution in [3.8, 4) is 5.75 Å². The molecule has 0 spiro atoms. The summed E-state index contributed by atoms with van der Waals surface area (Å²) in [5.74, 6) is -2.05. The van der Waals surface area contributed by atoms with Gasteiger partial charge in [-0.25, -0.2) is 4.79 Å². The molecule has 3 rings (SSSR count). The van der Waals surface area contributed by atoms with Gasteiger partial charge in [-0.2, -0.15) is 0 Å². The van der Waals surface area contributed by atoms with Crippen LogP contribution in [-0.2, 0) is 0 Å². The molecule has 0 bridgehead atoms. The number of carboxylic acids is 1. The first-order chi connectivity index (χ1) is 10.9. The monoisotopic (exact) mass is 331 g/mol. The van der Waals surface area contributed by atoms with Crippen LogP contribution in [0.3, 0.4) is 0 Å². The van der Waals surface area contributed by atoms with Gasteiger partial charge >= 0.3 is 5.97 Å². The average Bonchev–Trinajstić information content (AvgIpc) is 2.92. The zero-order valence-corrected chi connectivity index (χ0v) is 12.3. The first-order valence-corrected chi connectivity index (χ1v) is 6.88. The first kappa shape index (κ1) is 14.9. The molecule has 0 unspecified atom stereocenters. The molecule has 1 heterocycles. The van der Waals surface area contributed by atoms with E-state index in [0.29, 0.717) is 16.0 Å². The van der Waals surface area contributed by atoms with E-state index in [2.05, 4.69) is 5.32 Å². The molecule has 6 nitrogen and oxygen atoms in total. The van der Waals surface area contributed by atoms with Crippen molar-refractivity contribution in [2.75, 3.05) is 5.32 Å². The Hall–Kier alpha value is -2.99. The molecule has 0 aliphatic rings. The Morgan fingerprint density at radius 2 is 1.87 bits per heavy atom. The largest absolute Gasteiger partial charge is 0.506 e. The van der Waals surface area contributed by atoms with Crippen LogP contribution >= 0.6 is 11.6 Å². The molecule has 116 valence electrons. The van der Waals surface area contributed by atoms with Crippen molar-refractivity contribution in [3.63, 3.8) is 0 Å². The Bertz CT molecular complexity index is 931. The number of carbonyl (C=O) groups excluding carboxylic acids is 1. The SMILES string of the molecule is O=C(O)c1ccc(NC(=O)c2cc3cc(Cl)ccc3o2)c(O)c1. The minimum atomic E-state index is -1.17. The Morgan fingerprint density at radius 3 is 2.57 bits per heavy atom. The summed E-state index contributed by atoms with van der Waals surface area (Å²) >= 11 is 5.88.